The molecular weight excluding hydrogens is 554 g/mol. The van der Waals surface area contributed by atoms with Gasteiger partial charge in [-0.05, 0) is 23.8 Å². The number of hydrogen-bond donors (Lipinski definition) is 1. The first-order valence-electron chi connectivity index (χ1n) is 13.0. The van der Waals surface area contributed by atoms with E-state index in [9.17, 15) is 22.6 Å². The Morgan fingerprint density at radius 2 is 1.63 bits per heavy atom. The molecule has 2 atom stereocenters. The molecule has 0 spiro atoms. The van der Waals surface area contributed by atoms with Crippen molar-refractivity contribution in [2.45, 2.75) is 31.2 Å². The van der Waals surface area contributed by atoms with Crippen molar-refractivity contribution in [3.63, 3.8) is 0 Å². The maximum atomic E-state index is 13.9. The zero-order valence-corrected chi connectivity index (χ0v) is 23.7. The van der Waals surface area contributed by atoms with Gasteiger partial charge in [0.15, 0.2) is 17.4 Å². The quantitative estimate of drug-likeness (QED) is 0.231. The number of carbonyl (C=O) groups excluding carboxylic acids is 2. The van der Waals surface area contributed by atoms with Gasteiger partial charge in [0.1, 0.15) is 33.6 Å². The number of carbonyl (C=O) groups is 2. The summed E-state index contributed by atoms with van der Waals surface area (Å²) in [6, 6.07) is 9.39. The number of quaternary nitrogens is 1. The third-order valence-electron chi connectivity index (χ3n) is 7.98. The Bertz CT molecular complexity index is 1610. The zero-order valence-electron chi connectivity index (χ0n) is 22.9. The molecule has 2 amide bonds. The molecule has 1 aromatic heterocycles. The van der Waals surface area contributed by atoms with E-state index >= 15 is 0 Å². The van der Waals surface area contributed by atoms with Crippen LogP contribution in [0, 0.1) is 0 Å². The van der Waals surface area contributed by atoms with Crippen molar-refractivity contribution in [1.82, 2.24) is 9.97 Å². The second kappa shape index (κ2) is 10.8. The van der Waals surface area contributed by atoms with Gasteiger partial charge in [0, 0.05) is 37.4 Å². The summed E-state index contributed by atoms with van der Waals surface area (Å²) in [5.74, 6) is -0.988. The average Bonchev–Trinajstić information content (AvgIpc) is 3.21. The average molecular weight is 586 g/mol. The van der Waals surface area contributed by atoms with Gasteiger partial charge in [-0.15, -0.1) is 0 Å². The smallest absolute Gasteiger partial charge is 0.330 e. The van der Waals surface area contributed by atoms with Crippen LogP contribution in [0.1, 0.15) is 30.7 Å². The number of nitrogen functional groups attached to an aromatic ring is 1. The van der Waals surface area contributed by atoms with Crippen LogP contribution < -0.4 is 24.8 Å². The van der Waals surface area contributed by atoms with E-state index < -0.39 is 44.3 Å². The van der Waals surface area contributed by atoms with Gasteiger partial charge in [-0.1, -0.05) is 12.1 Å². The lowest BCUT2D eigenvalue weighted by Gasteiger charge is -2.41. The Hall–Kier alpha value is -4.01. The second-order valence-electron chi connectivity index (χ2n) is 10.2. The molecule has 0 aliphatic carbocycles. The molecule has 2 fully saturated rings. The van der Waals surface area contributed by atoms with Crippen LogP contribution in [0.5, 0.6) is 17.2 Å². The summed E-state index contributed by atoms with van der Waals surface area (Å²) in [5, 5.41) is 0.587. The molecule has 218 valence electrons. The van der Waals surface area contributed by atoms with Crippen LogP contribution in [0.2, 0.25) is 0 Å². The number of aromatic nitrogens is 2. The minimum Gasteiger partial charge on any atom is -0.744 e. The van der Waals surface area contributed by atoms with E-state index in [1.54, 1.807) is 36.4 Å². The number of nitrogens with zero attached hydrogens (tertiary/aromatic N) is 4. The molecule has 14 heteroatoms. The number of piperidine rings is 1. The molecule has 0 bridgehead atoms. The van der Waals surface area contributed by atoms with Gasteiger partial charge in [0.2, 0.25) is 5.95 Å². The first-order chi connectivity index (χ1) is 19.5. The summed E-state index contributed by atoms with van der Waals surface area (Å²) in [4.78, 5) is 38.3. The summed E-state index contributed by atoms with van der Waals surface area (Å²) in [6.45, 7) is 0.630. The number of fused-ring (bicyclic) bond motifs is 1. The maximum absolute atomic E-state index is 13.9. The molecule has 5 rings (SSSR count). The van der Waals surface area contributed by atoms with Crippen LogP contribution in [-0.4, -0.2) is 85.6 Å². The van der Waals surface area contributed by atoms with E-state index in [2.05, 4.69) is 9.97 Å². The fourth-order valence-electron chi connectivity index (χ4n) is 5.91. The van der Waals surface area contributed by atoms with Crippen LogP contribution in [0.4, 0.5) is 11.8 Å². The van der Waals surface area contributed by atoms with E-state index in [4.69, 9.17) is 19.9 Å². The van der Waals surface area contributed by atoms with E-state index in [0.29, 0.717) is 52.8 Å². The molecule has 2 aliphatic heterocycles. The largest absolute Gasteiger partial charge is 0.744 e. The molecule has 3 aromatic rings. The Morgan fingerprint density at radius 3 is 2.22 bits per heavy atom. The molecular formula is C27H31N5O8S. The maximum Gasteiger partial charge on any atom is 0.330 e. The van der Waals surface area contributed by atoms with E-state index in [1.807, 2.05) is 4.90 Å². The number of ether oxygens (including phenoxy) is 3. The molecule has 0 radical (unpaired) electrons. The predicted octanol–water partition coefficient (Wildman–Crippen LogP) is 1.77. The number of imide groups is 1. The minimum absolute atomic E-state index is 0.184. The number of methoxy groups -OCH3 is 3. The number of amides is 2. The molecule has 0 saturated carbocycles. The zero-order chi connectivity index (χ0) is 29.5. The number of benzene rings is 2. The van der Waals surface area contributed by atoms with Gasteiger partial charge in [-0.25, -0.2) is 23.0 Å². The highest BCUT2D eigenvalue weighted by Crippen LogP contribution is 2.41. The molecule has 13 nitrogen and oxygen atoms in total. The highest BCUT2D eigenvalue weighted by molar-refractivity contribution is 7.85. The van der Waals surface area contributed by atoms with Crippen molar-refractivity contribution in [2.24, 2.45) is 0 Å². The summed E-state index contributed by atoms with van der Waals surface area (Å²) in [6.07, 6.45) is 0.335. The number of rotatable bonds is 8. The molecule has 3 heterocycles. The summed E-state index contributed by atoms with van der Waals surface area (Å²) in [7, 11) is -0.380. The molecule has 2 aliphatic rings. The van der Waals surface area contributed by atoms with Gasteiger partial charge in [0.25, 0.3) is 0 Å². The second-order valence-corrected chi connectivity index (χ2v) is 11.5. The number of likely N-dealkylation sites (tertiary alicyclic amines) is 1. The first-order valence-corrected chi connectivity index (χ1v) is 14.6. The minimum atomic E-state index is -4.92. The van der Waals surface area contributed by atoms with Crippen LogP contribution in [-0.2, 0) is 19.7 Å². The lowest BCUT2D eigenvalue weighted by molar-refractivity contribution is -0.790. The van der Waals surface area contributed by atoms with Gasteiger partial charge in [-0.2, -0.15) is 9.47 Å². The molecule has 2 unspecified atom stereocenters. The summed E-state index contributed by atoms with van der Waals surface area (Å²) < 4.78 is 51.0. The monoisotopic (exact) mass is 585 g/mol. The van der Waals surface area contributed by atoms with Crippen LogP contribution in [0.3, 0.4) is 0 Å². The van der Waals surface area contributed by atoms with Crippen molar-refractivity contribution in [2.75, 3.05) is 50.9 Å². The summed E-state index contributed by atoms with van der Waals surface area (Å²) in [5.41, 5.74) is 7.35. The normalized spacial score (nSPS) is 21.9. The van der Waals surface area contributed by atoms with Crippen molar-refractivity contribution >= 4 is 44.6 Å². The van der Waals surface area contributed by atoms with Crippen molar-refractivity contribution in [1.29, 1.82) is 0 Å². The third kappa shape index (κ3) is 5.13. The Balaban J connectivity index is 1.42. The Morgan fingerprint density at radius 1 is 1.00 bits per heavy atom. The van der Waals surface area contributed by atoms with Gasteiger partial charge in [0.05, 0.1) is 33.3 Å². The first kappa shape index (κ1) is 28.5. The molecule has 2 aromatic carbocycles. The predicted molar refractivity (Wildman–Crippen MR) is 147 cm³/mol. The van der Waals surface area contributed by atoms with Gasteiger partial charge in [-0.3, -0.25) is 0 Å². The highest BCUT2D eigenvalue weighted by atomic mass is 32.2. The van der Waals surface area contributed by atoms with Gasteiger partial charge < -0.3 is 29.4 Å². The van der Waals surface area contributed by atoms with Crippen LogP contribution in [0.15, 0.2) is 36.4 Å². The van der Waals surface area contributed by atoms with Crippen LogP contribution >= 0.6 is 0 Å². The van der Waals surface area contributed by atoms with Gasteiger partial charge >= 0.3 is 11.8 Å². The topological polar surface area (TPSA) is 174 Å². The lowest BCUT2D eigenvalue weighted by atomic mass is 9.96. The fraction of sp³-hybridized carbons (Fsp3) is 0.407. The SMILES string of the molecule is COc1ccc(C2CC(=O)[N+](CS(=O)(=O)[O-])(C3CCN(c4nc(N)c5cc(OC)c(OC)cc5n4)CC3)C2=O)cc1. The highest BCUT2D eigenvalue weighted by Gasteiger charge is 2.61. The summed E-state index contributed by atoms with van der Waals surface area (Å²) >= 11 is 0. The number of nitrogens with two attached hydrogens (primary N) is 1. The number of anilines is 2. The molecule has 2 saturated heterocycles. The molecule has 2 N–H and O–H groups in total. The Kier molecular flexibility index (Phi) is 7.48. The van der Waals surface area contributed by atoms with Crippen molar-refractivity contribution in [3.05, 3.63) is 42.0 Å². The van der Waals surface area contributed by atoms with Crippen molar-refractivity contribution < 1.29 is 41.3 Å². The Labute approximate surface area is 237 Å². The third-order valence-corrected chi connectivity index (χ3v) is 8.71. The van der Waals surface area contributed by atoms with E-state index in [-0.39, 0.29) is 25.1 Å². The van der Waals surface area contributed by atoms with Crippen LogP contribution in [0.25, 0.3) is 10.9 Å². The number of hydrogen-bond acceptors (Lipinski definition) is 12. The molecule has 41 heavy (non-hydrogen) atoms. The van der Waals surface area contributed by atoms with Crippen molar-refractivity contribution in [3.8, 4) is 17.2 Å². The van der Waals surface area contributed by atoms with E-state index in [1.165, 1.54) is 21.3 Å². The lowest BCUT2D eigenvalue weighted by Crippen LogP contribution is -2.64. The standard InChI is InChI=1S/C27H31N5O8S/c1-38-18-6-4-16(5-7-18)19-13-24(33)32(26(19)34,15-41(35,36)37)17-8-10-31(11-9-17)27-29-21-14-23(40-3)22(39-2)12-20(21)25(28)30-27/h4-7,12,14,17,19H,8-11,13,15H2,1-3H3,(H2-,28,29,30,35,36,37). The fourth-order valence-corrected chi connectivity index (χ4v) is 6.89. The van der Waals surface area contributed by atoms with E-state index in [0.717, 1.165) is 0 Å².